The number of nitrogens with one attached hydrogen (secondary N) is 1. The number of hydrogen-bond donors (Lipinski definition) is 2. The summed E-state index contributed by atoms with van der Waals surface area (Å²) < 4.78 is 5.73. The van der Waals surface area contributed by atoms with Gasteiger partial charge in [0.25, 0.3) is 5.91 Å². The highest BCUT2D eigenvalue weighted by atomic mass is 16.5. The Bertz CT molecular complexity index is 601. The van der Waals surface area contributed by atoms with Gasteiger partial charge in [-0.25, -0.2) is 4.98 Å². The molecular formula is C16H24N4O3. The zero-order chi connectivity index (χ0) is 17.1. The fraction of sp³-hybridized carbons (Fsp3) is 0.562. The number of amides is 2. The van der Waals surface area contributed by atoms with Crippen molar-refractivity contribution in [3.05, 3.63) is 12.1 Å². The van der Waals surface area contributed by atoms with Gasteiger partial charge in [-0.3, -0.25) is 14.5 Å². The van der Waals surface area contributed by atoms with Crippen molar-refractivity contribution in [1.82, 2.24) is 10.3 Å². The zero-order valence-corrected chi connectivity index (χ0v) is 14.0. The van der Waals surface area contributed by atoms with Crippen molar-refractivity contribution in [3.8, 4) is 5.75 Å². The lowest BCUT2D eigenvalue weighted by Crippen LogP contribution is -2.52. The summed E-state index contributed by atoms with van der Waals surface area (Å²) in [5.41, 5.74) is 5.71. The second kappa shape index (κ2) is 6.85. The number of nitrogen functional groups attached to an aromatic ring is 1. The predicted molar refractivity (Wildman–Crippen MR) is 88.1 cm³/mol. The second-order valence-electron chi connectivity index (χ2n) is 6.46. The van der Waals surface area contributed by atoms with Crippen molar-refractivity contribution in [3.63, 3.8) is 0 Å². The van der Waals surface area contributed by atoms with Gasteiger partial charge in [0.2, 0.25) is 5.91 Å². The molecule has 0 spiro atoms. The van der Waals surface area contributed by atoms with Gasteiger partial charge in [0.1, 0.15) is 12.4 Å². The van der Waals surface area contributed by atoms with Gasteiger partial charge >= 0.3 is 0 Å². The van der Waals surface area contributed by atoms with Gasteiger partial charge in [0.05, 0.1) is 0 Å². The monoisotopic (exact) mass is 320 g/mol. The Kier molecular flexibility index (Phi) is 5.08. The molecule has 1 atom stereocenters. The third-order valence-electron chi connectivity index (χ3n) is 3.49. The first-order valence-electron chi connectivity index (χ1n) is 7.80. The molecule has 0 saturated heterocycles. The van der Waals surface area contributed by atoms with Crippen LogP contribution in [0.5, 0.6) is 5.75 Å². The highest BCUT2D eigenvalue weighted by Gasteiger charge is 2.38. The van der Waals surface area contributed by atoms with E-state index in [1.807, 2.05) is 27.7 Å². The molecule has 7 heteroatoms. The van der Waals surface area contributed by atoms with Crippen molar-refractivity contribution < 1.29 is 14.3 Å². The number of carbonyl (C=O) groups excluding carboxylic acids is 2. The maximum Gasteiger partial charge on any atom is 0.270 e. The fourth-order valence-corrected chi connectivity index (χ4v) is 2.27. The Balaban J connectivity index is 2.26. The molecule has 2 heterocycles. The van der Waals surface area contributed by atoms with Crippen LogP contribution >= 0.6 is 0 Å². The summed E-state index contributed by atoms with van der Waals surface area (Å²) >= 11 is 0. The average Bonchev–Trinajstić information content (AvgIpc) is 2.47. The molecule has 0 radical (unpaired) electrons. The maximum atomic E-state index is 12.7. The van der Waals surface area contributed by atoms with Gasteiger partial charge in [0.15, 0.2) is 17.7 Å². The van der Waals surface area contributed by atoms with Gasteiger partial charge in [-0.1, -0.05) is 27.7 Å². The molecular weight excluding hydrogens is 296 g/mol. The Morgan fingerprint density at radius 2 is 2.09 bits per heavy atom. The van der Waals surface area contributed by atoms with Crippen LogP contribution in [0.25, 0.3) is 0 Å². The maximum absolute atomic E-state index is 12.7. The summed E-state index contributed by atoms with van der Waals surface area (Å²) in [6.45, 7) is 8.27. The smallest absolute Gasteiger partial charge is 0.270 e. The minimum Gasteiger partial charge on any atom is -0.476 e. The molecule has 2 rings (SSSR count). The number of nitrogens with zero attached hydrogens (tertiary/aromatic N) is 2. The van der Waals surface area contributed by atoms with Gasteiger partial charge in [-0.05, 0) is 24.0 Å². The minimum absolute atomic E-state index is 0.0190. The normalized spacial score (nSPS) is 17.2. The summed E-state index contributed by atoms with van der Waals surface area (Å²) in [5.74, 6) is 0.853. The van der Waals surface area contributed by atoms with E-state index in [9.17, 15) is 9.59 Å². The minimum atomic E-state index is -0.633. The largest absolute Gasteiger partial charge is 0.476 e. The molecule has 126 valence electrons. The number of ether oxygens (including phenoxy) is 1. The number of hydrogen-bond acceptors (Lipinski definition) is 5. The van der Waals surface area contributed by atoms with E-state index < -0.39 is 6.10 Å². The highest BCUT2D eigenvalue weighted by Crippen LogP contribution is 2.34. The predicted octanol–water partition coefficient (Wildman–Crippen LogP) is 1.19. The lowest BCUT2D eigenvalue weighted by molar-refractivity contribution is -0.130. The molecule has 0 bridgehead atoms. The second-order valence-corrected chi connectivity index (χ2v) is 6.46. The number of pyridine rings is 1. The van der Waals surface area contributed by atoms with Gasteiger partial charge < -0.3 is 15.8 Å². The molecule has 3 N–H and O–H groups in total. The van der Waals surface area contributed by atoms with Crippen molar-refractivity contribution in [2.24, 2.45) is 11.8 Å². The third-order valence-corrected chi connectivity index (χ3v) is 3.49. The van der Waals surface area contributed by atoms with E-state index in [2.05, 4.69) is 10.3 Å². The average molecular weight is 320 g/mol. The van der Waals surface area contributed by atoms with E-state index in [-0.39, 0.29) is 30.1 Å². The molecule has 2 amide bonds. The molecule has 1 aliphatic rings. The van der Waals surface area contributed by atoms with E-state index >= 15 is 0 Å². The van der Waals surface area contributed by atoms with Crippen molar-refractivity contribution >= 4 is 23.5 Å². The van der Waals surface area contributed by atoms with Crippen LogP contribution in [0.3, 0.4) is 0 Å². The molecule has 1 aromatic rings. The van der Waals surface area contributed by atoms with Crippen LogP contribution < -0.4 is 20.7 Å². The number of carbonyl (C=O) groups is 2. The molecule has 0 aromatic carbocycles. The number of anilines is 2. The van der Waals surface area contributed by atoms with Crippen molar-refractivity contribution in [1.29, 1.82) is 0 Å². The molecule has 0 fully saturated rings. The lowest BCUT2D eigenvalue weighted by Gasteiger charge is -2.34. The van der Waals surface area contributed by atoms with Crippen LogP contribution in [-0.2, 0) is 9.59 Å². The van der Waals surface area contributed by atoms with Gasteiger partial charge in [-0.15, -0.1) is 0 Å². The van der Waals surface area contributed by atoms with Crippen molar-refractivity contribution in [2.75, 3.05) is 23.7 Å². The number of nitrogens with two attached hydrogens (primary N) is 1. The van der Waals surface area contributed by atoms with Crippen LogP contribution in [0.15, 0.2) is 12.1 Å². The first-order valence-corrected chi connectivity index (χ1v) is 7.80. The number of rotatable bonds is 5. The summed E-state index contributed by atoms with van der Waals surface area (Å²) in [6.07, 6.45) is -0.633. The van der Waals surface area contributed by atoms with E-state index in [0.29, 0.717) is 24.0 Å². The van der Waals surface area contributed by atoms with E-state index in [4.69, 9.17) is 10.5 Å². The molecule has 0 saturated carbocycles. The number of fused-ring (bicyclic) bond motifs is 1. The van der Waals surface area contributed by atoms with Crippen LogP contribution in [-0.4, -0.2) is 36.0 Å². The SMILES string of the molecule is CC(C)CNC(=O)CN1C(=O)C(C(C)C)Oc2ccc(N)nc21. The van der Waals surface area contributed by atoms with E-state index in [1.165, 1.54) is 4.90 Å². The van der Waals surface area contributed by atoms with Crippen LogP contribution in [0.1, 0.15) is 27.7 Å². The molecule has 7 nitrogen and oxygen atoms in total. The molecule has 1 unspecified atom stereocenters. The third kappa shape index (κ3) is 3.91. The topological polar surface area (TPSA) is 97.5 Å². The highest BCUT2D eigenvalue weighted by molar-refractivity contribution is 6.03. The van der Waals surface area contributed by atoms with Gasteiger partial charge in [0, 0.05) is 6.54 Å². The van der Waals surface area contributed by atoms with E-state index in [1.54, 1.807) is 12.1 Å². The Labute approximate surface area is 136 Å². The summed E-state index contributed by atoms with van der Waals surface area (Å²) in [5, 5.41) is 2.81. The van der Waals surface area contributed by atoms with Crippen LogP contribution in [0.4, 0.5) is 11.6 Å². The Morgan fingerprint density at radius 1 is 1.39 bits per heavy atom. The Morgan fingerprint density at radius 3 is 2.70 bits per heavy atom. The molecule has 0 aliphatic carbocycles. The van der Waals surface area contributed by atoms with Crippen molar-refractivity contribution in [2.45, 2.75) is 33.8 Å². The standard InChI is InChI=1S/C16H24N4O3/c1-9(2)7-18-13(21)8-20-15-11(5-6-12(17)19-15)23-14(10(3)4)16(20)22/h5-6,9-10,14H,7-8H2,1-4H3,(H2,17,19)(H,18,21). The van der Waals surface area contributed by atoms with E-state index in [0.717, 1.165) is 0 Å². The summed E-state index contributed by atoms with van der Waals surface area (Å²) in [6, 6.07) is 3.29. The van der Waals surface area contributed by atoms with Crippen LogP contribution in [0, 0.1) is 11.8 Å². The molecule has 1 aromatic heterocycles. The Hall–Kier alpha value is -2.31. The quantitative estimate of drug-likeness (QED) is 0.849. The van der Waals surface area contributed by atoms with Gasteiger partial charge in [-0.2, -0.15) is 0 Å². The molecule has 23 heavy (non-hydrogen) atoms. The lowest BCUT2D eigenvalue weighted by atomic mass is 10.0. The first-order chi connectivity index (χ1) is 10.8. The fourth-order valence-electron chi connectivity index (χ4n) is 2.27. The zero-order valence-electron chi connectivity index (χ0n) is 14.0. The van der Waals surface area contributed by atoms with Crippen LogP contribution in [0.2, 0.25) is 0 Å². The summed E-state index contributed by atoms with van der Waals surface area (Å²) in [7, 11) is 0. The number of aromatic nitrogens is 1. The first kappa shape index (κ1) is 17.1. The molecule has 1 aliphatic heterocycles. The summed E-state index contributed by atoms with van der Waals surface area (Å²) in [4.78, 5) is 30.3.